The third kappa shape index (κ3) is 4.10. The van der Waals surface area contributed by atoms with Crippen LogP contribution >= 0.6 is 34.7 Å². The summed E-state index contributed by atoms with van der Waals surface area (Å²) in [6, 6.07) is 10.6. The first kappa shape index (κ1) is 24.2. The van der Waals surface area contributed by atoms with Gasteiger partial charge in [0.15, 0.2) is 0 Å². The lowest BCUT2D eigenvalue weighted by molar-refractivity contribution is -0.135. The highest BCUT2D eigenvalue weighted by molar-refractivity contribution is 8.00. The van der Waals surface area contributed by atoms with Crippen LogP contribution in [0.3, 0.4) is 0 Å². The van der Waals surface area contributed by atoms with Gasteiger partial charge in [-0.15, -0.1) is 0 Å². The van der Waals surface area contributed by atoms with Crippen LogP contribution in [0.2, 0.25) is 5.02 Å². The Morgan fingerprint density at radius 2 is 1.69 bits per heavy atom. The Balaban J connectivity index is 1.55. The van der Waals surface area contributed by atoms with Crippen LogP contribution in [0.15, 0.2) is 58.4 Å². The molecule has 36 heavy (non-hydrogen) atoms. The monoisotopic (exact) mass is 546 g/mol. The highest BCUT2D eigenvalue weighted by Gasteiger charge is 2.57. The topological polar surface area (TPSA) is 132 Å². The fraction of sp³-hybridized carbons (Fsp3) is 0.174. The molecule has 2 aliphatic rings. The van der Waals surface area contributed by atoms with Crippen molar-refractivity contribution >= 4 is 64.1 Å². The molecule has 0 spiro atoms. The number of benzene rings is 2. The van der Waals surface area contributed by atoms with Gasteiger partial charge < -0.3 is 11.1 Å². The molecule has 184 valence electrons. The Morgan fingerprint density at radius 1 is 1.03 bits per heavy atom. The highest BCUT2D eigenvalue weighted by Crippen LogP contribution is 2.53. The molecule has 1 aromatic heterocycles. The van der Waals surface area contributed by atoms with Crippen LogP contribution in [0.1, 0.15) is 16.4 Å². The second kappa shape index (κ2) is 9.19. The number of thioether (sulfide) groups is 1. The third-order valence-corrected chi connectivity index (χ3v) is 8.78. The lowest BCUT2D eigenvalue weighted by atomic mass is 9.83. The van der Waals surface area contributed by atoms with Gasteiger partial charge in [-0.2, -0.15) is 4.90 Å². The molecule has 2 aliphatic heterocycles. The number of halogens is 2. The van der Waals surface area contributed by atoms with Gasteiger partial charge in [-0.25, -0.2) is 9.18 Å². The number of hydrogen-bond donors (Lipinski definition) is 2. The van der Waals surface area contributed by atoms with E-state index in [2.05, 4.69) is 5.32 Å². The molecule has 9 nitrogen and oxygen atoms in total. The van der Waals surface area contributed by atoms with Gasteiger partial charge >= 0.3 is 10.9 Å². The minimum atomic E-state index is -1.19. The summed E-state index contributed by atoms with van der Waals surface area (Å²) in [5.74, 6) is -4.41. The number of carbonyl (C=O) groups excluding carboxylic acids is 4. The van der Waals surface area contributed by atoms with Crippen molar-refractivity contribution in [1.82, 2.24) is 9.47 Å². The minimum Gasteiger partial charge on any atom is -0.351 e. The van der Waals surface area contributed by atoms with Crippen molar-refractivity contribution in [2.45, 2.75) is 22.7 Å². The van der Waals surface area contributed by atoms with Crippen molar-refractivity contribution in [1.29, 1.82) is 0 Å². The quantitative estimate of drug-likeness (QED) is 0.484. The number of carbonyl (C=O) groups is 4. The molecule has 0 aliphatic carbocycles. The number of nitrogens with zero attached hydrogens (tertiary/aromatic N) is 2. The first-order chi connectivity index (χ1) is 17.2. The van der Waals surface area contributed by atoms with E-state index in [1.807, 2.05) is 0 Å². The van der Waals surface area contributed by atoms with Crippen molar-refractivity contribution in [2.24, 2.45) is 11.7 Å². The zero-order valence-electron chi connectivity index (χ0n) is 18.1. The van der Waals surface area contributed by atoms with Crippen LogP contribution in [0.5, 0.6) is 0 Å². The molecule has 3 N–H and O–H groups in total. The molecule has 3 aromatic rings. The fourth-order valence-corrected chi connectivity index (χ4v) is 7.28. The first-order valence-corrected chi connectivity index (χ1v) is 12.6. The molecule has 3 atom stereocenters. The molecule has 0 radical (unpaired) electrons. The summed E-state index contributed by atoms with van der Waals surface area (Å²) in [4.78, 5) is 64.1. The third-order valence-electron chi connectivity index (χ3n) is 5.93. The number of amides is 5. The molecule has 1 saturated heterocycles. The zero-order chi connectivity index (χ0) is 25.7. The van der Waals surface area contributed by atoms with E-state index in [0.29, 0.717) is 31.1 Å². The molecule has 13 heteroatoms. The molecule has 5 amide bonds. The van der Waals surface area contributed by atoms with Gasteiger partial charge in [0.1, 0.15) is 17.6 Å². The molecule has 0 bridgehead atoms. The van der Waals surface area contributed by atoms with Gasteiger partial charge in [0, 0.05) is 21.5 Å². The maximum atomic E-state index is 13.6. The number of fused-ring (bicyclic) bond motifs is 2. The molecular weight excluding hydrogens is 531 g/mol. The van der Waals surface area contributed by atoms with Crippen molar-refractivity contribution in [3.8, 4) is 0 Å². The molecule has 2 unspecified atom stereocenters. The van der Waals surface area contributed by atoms with Crippen LogP contribution < -0.4 is 15.9 Å². The Hall–Kier alpha value is -3.48. The normalized spacial score (nSPS) is 20.7. The summed E-state index contributed by atoms with van der Waals surface area (Å²) >= 11 is 7.64. The lowest BCUT2D eigenvalue weighted by Crippen LogP contribution is -2.41. The number of aromatic nitrogens is 1. The van der Waals surface area contributed by atoms with E-state index in [1.54, 1.807) is 24.3 Å². The van der Waals surface area contributed by atoms with Crippen LogP contribution in [-0.4, -0.2) is 38.5 Å². The van der Waals surface area contributed by atoms with E-state index >= 15 is 0 Å². The van der Waals surface area contributed by atoms with Gasteiger partial charge in [0.25, 0.3) is 5.91 Å². The van der Waals surface area contributed by atoms with E-state index in [0.717, 1.165) is 23.1 Å². The first-order valence-electron chi connectivity index (χ1n) is 10.5. The average molecular weight is 547 g/mol. The van der Waals surface area contributed by atoms with Gasteiger partial charge in [-0.05, 0) is 42.0 Å². The van der Waals surface area contributed by atoms with E-state index in [1.165, 1.54) is 28.8 Å². The summed E-state index contributed by atoms with van der Waals surface area (Å²) in [7, 11) is 0. The smallest absolute Gasteiger partial charge is 0.328 e. The van der Waals surface area contributed by atoms with Crippen molar-refractivity contribution < 1.29 is 23.6 Å². The number of urea groups is 1. The maximum absolute atomic E-state index is 13.6. The maximum Gasteiger partial charge on any atom is 0.328 e. The number of nitrogens with two attached hydrogens (primary N) is 1. The predicted octanol–water partition coefficient (Wildman–Crippen LogP) is 3.01. The van der Waals surface area contributed by atoms with E-state index in [9.17, 15) is 28.4 Å². The number of hydrogen-bond acceptors (Lipinski definition) is 7. The average Bonchev–Trinajstić information content (AvgIpc) is 3.27. The second-order valence-corrected chi connectivity index (χ2v) is 10.7. The number of likely N-dealkylation sites (tertiary alicyclic amines) is 1. The number of rotatable bonds is 4. The fourth-order valence-electron chi connectivity index (χ4n) is 4.38. The summed E-state index contributed by atoms with van der Waals surface area (Å²) in [5, 5.41) is 2.46. The Bertz CT molecular complexity index is 1470. The van der Waals surface area contributed by atoms with Crippen LogP contribution in [-0.2, 0) is 20.9 Å². The van der Waals surface area contributed by atoms with Crippen molar-refractivity contribution in [2.75, 3.05) is 5.32 Å². The summed E-state index contributed by atoms with van der Waals surface area (Å²) in [6.45, 7) is -0.352. The second-order valence-electron chi connectivity index (χ2n) is 8.12. The van der Waals surface area contributed by atoms with Crippen molar-refractivity contribution in [3.63, 3.8) is 0 Å². The number of primary amides is 1. The minimum absolute atomic E-state index is 0.333. The number of anilines is 1. The van der Waals surface area contributed by atoms with Crippen LogP contribution in [0.25, 0.3) is 0 Å². The SMILES string of the molecule is NC(=O)N1C(=O)C2Sc3c(sc(=O)n3CC(=O)Nc3ccc(Cl)cc3)[C@@H](c3ccc(F)cc3)C2C1=O. The predicted molar refractivity (Wildman–Crippen MR) is 131 cm³/mol. The van der Waals surface area contributed by atoms with E-state index < -0.39 is 51.5 Å². The van der Waals surface area contributed by atoms with E-state index in [-0.39, 0.29) is 6.54 Å². The van der Waals surface area contributed by atoms with E-state index in [4.69, 9.17) is 17.3 Å². The standard InChI is InChI=1S/C23H16ClFN4O5S2/c24-11-3-7-13(8-4-11)27-14(30)9-28-21-18(36-23(28)34)15(10-1-5-12(25)6-2-10)16-17(35-21)20(32)29(19(16)31)22(26)33/h1-8,15-17H,9H2,(H2,26,33)(H,27,30)/t15-,16?,17?/m0/s1. The molecule has 1 fully saturated rings. The Kier molecular flexibility index (Phi) is 6.18. The van der Waals surface area contributed by atoms with Gasteiger partial charge in [0.05, 0.1) is 10.9 Å². The van der Waals surface area contributed by atoms with Crippen molar-refractivity contribution in [3.05, 3.63) is 79.5 Å². The summed E-state index contributed by atoms with van der Waals surface area (Å²) < 4.78 is 14.9. The number of thiazole rings is 1. The number of nitrogens with one attached hydrogen (secondary N) is 1. The molecule has 0 saturated carbocycles. The zero-order valence-corrected chi connectivity index (χ0v) is 20.5. The molecule has 2 aromatic carbocycles. The van der Waals surface area contributed by atoms with Crippen LogP contribution in [0, 0.1) is 11.7 Å². The Morgan fingerprint density at radius 3 is 2.33 bits per heavy atom. The highest BCUT2D eigenvalue weighted by atomic mass is 35.5. The summed E-state index contributed by atoms with van der Waals surface area (Å²) in [5.41, 5.74) is 6.26. The molecule has 3 heterocycles. The largest absolute Gasteiger partial charge is 0.351 e. The van der Waals surface area contributed by atoms with Gasteiger partial charge in [0.2, 0.25) is 11.8 Å². The summed E-state index contributed by atoms with van der Waals surface area (Å²) in [6.07, 6.45) is 0. The number of imide groups is 3. The molecular formula is C23H16ClFN4O5S2. The Labute approximate surface area is 216 Å². The van der Waals surface area contributed by atoms with Gasteiger partial charge in [-0.3, -0.25) is 23.7 Å². The molecule has 5 rings (SSSR count). The van der Waals surface area contributed by atoms with Crippen LogP contribution in [0.4, 0.5) is 14.9 Å². The van der Waals surface area contributed by atoms with Gasteiger partial charge in [-0.1, -0.05) is 46.8 Å². The lowest BCUT2D eigenvalue weighted by Gasteiger charge is -2.30.